The number of halogens is 1. The predicted octanol–water partition coefficient (Wildman–Crippen LogP) is 5.41. The normalized spacial score (nSPS) is 13.4. The quantitative estimate of drug-likeness (QED) is 0.304. The van der Waals surface area contributed by atoms with Crippen LogP contribution in [-0.4, -0.2) is 35.1 Å². The third-order valence-corrected chi connectivity index (χ3v) is 5.42. The fourth-order valence-corrected chi connectivity index (χ4v) is 3.57. The Kier molecular flexibility index (Phi) is 8.49. The first-order chi connectivity index (χ1) is 16.3. The smallest absolute Gasteiger partial charge is 0.309 e. The minimum atomic E-state index is -0.773. The monoisotopic (exact) mass is 483 g/mol. The van der Waals surface area contributed by atoms with Crippen molar-refractivity contribution in [1.29, 1.82) is 0 Å². The van der Waals surface area contributed by atoms with Gasteiger partial charge in [-0.25, -0.2) is 4.98 Å². The molecule has 3 rings (SSSR count). The van der Waals surface area contributed by atoms with E-state index in [1.54, 1.807) is 38.1 Å². The van der Waals surface area contributed by atoms with E-state index >= 15 is 0 Å². The third-order valence-electron chi connectivity index (χ3n) is 5.18. The van der Waals surface area contributed by atoms with E-state index in [2.05, 4.69) is 4.98 Å². The number of aromatic hydroxyl groups is 1. The molecule has 8 heteroatoms. The van der Waals surface area contributed by atoms with Crippen LogP contribution in [0.4, 0.5) is 0 Å². The van der Waals surface area contributed by atoms with Gasteiger partial charge < -0.3 is 19.3 Å². The van der Waals surface area contributed by atoms with Gasteiger partial charge in [-0.1, -0.05) is 54.9 Å². The third kappa shape index (κ3) is 6.26. The summed E-state index contributed by atoms with van der Waals surface area (Å²) < 4.78 is 16.8. The van der Waals surface area contributed by atoms with Crippen LogP contribution in [0.25, 0.3) is 0 Å². The van der Waals surface area contributed by atoms with Crippen molar-refractivity contribution >= 4 is 23.4 Å². The number of carbonyl (C=O) groups is 2. The highest BCUT2D eigenvalue weighted by molar-refractivity contribution is 6.30. The Labute approximate surface area is 203 Å². The molecule has 2 aromatic carbocycles. The first-order valence-corrected chi connectivity index (χ1v) is 11.1. The lowest BCUT2D eigenvalue weighted by molar-refractivity contribution is -0.157. The molecule has 1 aromatic heterocycles. The molecule has 0 aliphatic rings. The molecule has 0 saturated heterocycles. The number of rotatable bonds is 10. The molecule has 0 radical (unpaired) electrons. The van der Waals surface area contributed by atoms with E-state index in [1.807, 2.05) is 30.3 Å². The summed E-state index contributed by atoms with van der Waals surface area (Å²) in [5.74, 6) is -1.53. The van der Waals surface area contributed by atoms with Crippen LogP contribution in [0.15, 0.2) is 66.9 Å². The fraction of sp³-hybridized carbons (Fsp3) is 0.269. The maximum absolute atomic E-state index is 12.8. The second-order valence-electron chi connectivity index (χ2n) is 7.79. The molecule has 0 spiro atoms. The Balaban J connectivity index is 1.71. The number of benzene rings is 2. The van der Waals surface area contributed by atoms with Gasteiger partial charge >= 0.3 is 5.97 Å². The van der Waals surface area contributed by atoms with Gasteiger partial charge in [0, 0.05) is 23.7 Å². The zero-order valence-electron chi connectivity index (χ0n) is 19.1. The van der Waals surface area contributed by atoms with Crippen molar-refractivity contribution in [2.45, 2.75) is 32.5 Å². The highest BCUT2D eigenvalue weighted by atomic mass is 35.5. The highest BCUT2D eigenvalue weighted by Gasteiger charge is 2.29. The minimum Gasteiger partial charge on any atom is -0.503 e. The van der Waals surface area contributed by atoms with E-state index in [0.29, 0.717) is 10.8 Å². The molecule has 1 heterocycles. The molecule has 7 nitrogen and oxygen atoms in total. The van der Waals surface area contributed by atoms with E-state index in [4.69, 9.17) is 25.8 Å². The number of esters is 1. The first kappa shape index (κ1) is 25.1. The average molecular weight is 484 g/mol. The van der Waals surface area contributed by atoms with Crippen LogP contribution in [0.3, 0.4) is 0 Å². The van der Waals surface area contributed by atoms with Gasteiger partial charge in [0.15, 0.2) is 29.1 Å². The lowest BCUT2D eigenvalue weighted by Gasteiger charge is -2.26. The number of hydrogen-bond acceptors (Lipinski definition) is 7. The van der Waals surface area contributed by atoms with Crippen molar-refractivity contribution in [3.8, 4) is 17.2 Å². The second-order valence-corrected chi connectivity index (χ2v) is 8.22. The average Bonchev–Trinajstić information content (AvgIpc) is 2.83. The van der Waals surface area contributed by atoms with E-state index in [0.717, 1.165) is 5.56 Å². The van der Waals surface area contributed by atoms with Crippen molar-refractivity contribution in [1.82, 2.24) is 4.98 Å². The van der Waals surface area contributed by atoms with Crippen LogP contribution in [0.2, 0.25) is 5.02 Å². The number of methoxy groups -OCH3 is 1. The maximum Gasteiger partial charge on any atom is 0.309 e. The molecular weight excluding hydrogens is 458 g/mol. The summed E-state index contributed by atoms with van der Waals surface area (Å²) >= 11 is 6.08. The number of Topliss-reactive ketones (excluding diaryl/α,β-unsaturated/α-hetero) is 1. The number of carbonyl (C=O) groups excluding carboxylic acids is 2. The van der Waals surface area contributed by atoms with Crippen LogP contribution in [-0.2, 0) is 9.53 Å². The summed E-state index contributed by atoms with van der Waals surface area (Å²) in [4.78, 5) is 29.4. The SMILES string of the molecule is COc1ccnc(C(=O)C[C@@H](C)C(=O)O[C@@H](C)[C@H](Oc2cccc(Cl)c2)c2ccccc2)c1O. The van der Waals surface area contributed by atoms with Gasteiger partial charge in [0.1, 0.15) is 11.9 Å². The number of nitrogens with zero attached hydrogens (tertiary/aromatic N) is 1. The molecule has 0 fully saturated rings. The molecule has 0 aliphatic heterocycles. The Morgan fingerprint density at radius 1 is 1.06 bits per heavy atom. The topological polar surface area (TPSA) is 95.0 Å². The second kappa shape index (κ2) is 11.5. The zero-order chi connectivity index (χ0) is 24.7. The fourth-order valence-electron chi connectivity index (χ4n) is 3.39. The van der Waals surface area contributed by atoms with E-state index < -0.39 is 29.9 Å². The molecule has 0 bridgehead atoms. The Morgan fingerprint density at radius 3 is 2.47 bits per heavy atom. The number of pyridine rings is 1. The number of aromatic nitrogens is 1. The van der Waals surface area contributed by atoms with Crippen molar-refractivity contribution < 1.29 is 28.9 Å². The van der Waals surface area contributed by atoms with Crippen molar-refractivity contribution in [3.05, 3.63) is 83.1 Å². The van der Waals surface area contributed by atoms with E-state index in [9.17, 15) is 14.7 Å². The van der Waals surface area contributed by atoms with E-state index in [-0.39, 0.29) is 23.6 Å². The van der Waals surface area contributed by atoms with Gasteiger partial charge in [0.25, 0.3) is 0 Å². The summed E-state index contributed by atoms with van der Waals surface area (Å²) in [6.07, 6.45) is -0.107. The van der Waals surface area contributed by atoms with Gasteiger partial charge in [-0.2, -0.15) is 0 Å². The maximum atomic E-state index is 12.8. The Morgan fingerprint density at radius 2 is 1.79 bits per heavy atom. The number of hydrogen-bond donors (Lipinski definition) is 1. The molecule has 3 atom stereocenters. The molecular formula is C26H26ClNO6. The van der Waals surface area contributed by atoms with Gasteiger partial charge in [-0.15, -0.1) is 0 Å². The predicted molar refractivity (Wildman–Crippen MR) is 127 cm³/mol. The first-order valence-electron chi connectivity index (χ1n) is 10.7. The van der Waals surface area contributed by atoms with Crippen LogP contribution in [0.1, 0.15) is 42.4 Å². The van der Waals surface area contributed by atoms with Crippen LogP contribution < -0.4 is 9.47 Å². The molecule has 0 saturated carbocycles. The van der Waals surface area contributed by atoms with Crippen LogP contribution in [0.5, 0.6) is 17.2 Å². The van der Waals surface area contributed by atoms with Crippen LogP contribution >= 0.6 is 11.6 Å². The highest BCUT2D eigenvalue weighted by Crippen LogP contribution is 2.31. The summed E-state index contributed by atoms with van der Waals surface area (Å²) in [6.45, 7) is 3.31. The van der Waals surface area contributed by atoms with Crippen LogP contribution in [0, 0.1) is 5.92 Å². The van der Waals surface area contributed by atoms with E-state index in [1.165, 1.54) is 19.4 Å². The molecule has 0 amide bonds. The molecule has 178 valence electrons. The van der Waals surface area contributed by atoms with Gasteiger partial charge in [-0.3, -0.25) is 9.59 Å². The summed E-state index contributed by atoms with van der Waals surface area (Å²) in [6, 6.07) is 17.8. The molecule has 1 N–H and O–H groups in total. The van der Waals surface area contributed by atoms with Gasteiger partial charge in [0.2, 0.25) is 0 Å². The number of ketones is 1. The molecule has 0 aliphatic carbocycles. The minimum absolute atomic E-state index is 0.131. The largest absolute Gasteiger partial charge is 0.503 e. The van der Waals surface area contributed by atoms with Gasteiger partial charge in [-0.05, 0) is 30.7 Å². The summed E-state index contributed by atoms with van der Waals surface area (Å²) in [5, 5.41) is 10.7. The molecule has 34 heavy (non-hydrogen) atoms. The van der Waals surface area contributed by atoms with Gasteiger partial charge in [0.05, 0.1) is 13.0 Å². The summed E-state index contributed by atoms with van der Waals surface area (Å²) in [7, 11) is 1.37. The Hall–Kier alpha value is -3.58. The standard InChI is InChI=1S/C26H26ClNO6/c1-16(14-21(29)23-24(30)22(32-3)12-13-28-23)26(31)33-17(2)25(18-8-5-4-6-9-18)34-20-11-7-10-19(27)15-20/h4-13,15-17,25,30H,14H2,1-3H3/t16-,17+,25+/m1/s1. The lowest BCUT2D eigenvalue weighted by atomic mass is 10.0. The zero-order valence-corrected chi connectivity index (χ0v) is 19.9. The molecule has 0 unspecified atom stereocenters. The van der Waals surface area contributed by atoms with Crippen molar-refractivity contribution in [2.75, 3.05) is 7.11 Å². The molecule has 3 aromatic rings. The number of ether oxygens (including phenoxy) is 3. The van der Waals surface area contributed by atoms with Crippen molar-refractivity contribution in [2.24, 2.45) is 5.92 Å². The lowest BCUT2D eigenvalue weighted by Crippen LogP contribution is -2.30. The summed E-state index contributed by atoms with van der Waals surface area (Å²) in [5.41, 5.74) is 0.663. The van der Waals surface area contributed by atoms with Crippen molar-refractivity contribution in [3.63, 3.8) is 0 Å². The Bertz CT molecular complexity index is 1140.